The number of carbonyl (C=O) groups excluding carboxylic acids is 2. The predicted octanol–water partition coefficient (Wildman–Crippen LogP) is 4.12. The van der Waals surface area contributed by atoms with Gasteiger partial charge in [0, 0.05) is 23.0 Å². The summed E-state index contributed by atoms with van der Waals surface area (Å²) in [4.78, 5) is 29.3. The van der Waals surface area contributed by atoms with Crippen LogP contribution in [-0.4, -0.2) is 38.2 Å². The first-order valence-electron chi connectivity index (χ1n) is 9.90. The number of benzene rings is 2. The number of hydrogen-bond donors (Lipinski definition) is 1. The first-order chi connectivity index (χ1) is 15.0. The first-order valence-corrected chi connectivity index (χ1v) is 10.7. The fourth-order valence-electron chi connectivity index (χ4n) is 3.39. The van der Waals surface area contributed by atoms with Gasteiger partial charge < -0.3 is 19.2 Å². The topological polar surface area (TPSA) is 90.1 Å². The average molecular weight is 485 g/mol. The molecule has 4 rings (SSSR count). The van der Waals surface area contributed by atoms with Crippen molar-refractivity contribution in [1.29, 1.82) is 0 Å². The zero-order valence-corrected chi connectivity index (χ0v) is 18.5. The normalized spacial score (nSPS) is 16.5. The molecule has 1 N–H and O–H groups in total. The van der Waals surface area contributed by atoms with Crippen LogP contribution in [0.5, 0.6) is 0 Å². The van der Waals surface area contributed by atoms with E-state index < -0.39 is 5.97 Å². The summed E-state index contributed by atoms with van der Waals surface area (Å²) in [5.74, 6) is -0.768. The molecule has 0 radical (unpaired) electrons. The van der Waals surface area contributed by atoms with E-state index in [9.17, 15) is 9.59 Å². The summed E-state index contributed by atoms with van der Waals surface area (Å²) < 4.78 is 17.2. The van der Waals surface area contributed by atoms with Crippen molar-refractivity contribution in [3.8, 4) is 0 Å². The molecule has 0 bridgehead atoms. The number of methoxy groups -OCH3 is 1. The molecule has 31 heavy (non-hydrogen) atoms. The van der Waals surface area contributed by atoms with Gasteiger partial charge in [-0.05, 0) is 55.3 Å². The van der Waals surface area contributed by atoms with E-state index in [0.717, 1.165) is 29.3 Å². The minimum atomic E-state index is -0.466. The Balaban J connectivity index is 1.76. The molecule has 1 atom stereocenters. The fraction of sp³-hybridized carbons (Fsp3) is 0.261. The Morgan fingerprint density at radius 3 is 2.87 bits per heavy atom. The van der Waals surface area contributed by atoms with E-state index in [4.69, 9.17) is 13.9 Å². The second kappa shape index (κ2) is 9.45. The molecule has 2 heterocycles. The Morgan fingerprint density at radius 2 is 2.10 bits per heavy atom. The van der Waals surface area contributed by atoms with Gasteiger partial charge in [-0.3, -0.25) is 4.79 Å². The van der Waals surface area contributed by atoms with Crippen molar-refractivity contribution in [3.63, 3.8) is 0 Å². The van der Waals surface area contributed by atoms with Gasteiger partial charge in [0.25, 0.3) is 5.91 Å². The molecule has 1 fully saturated rings. The second-order valence-corrected chi connectivity index (χ2v) is 8.06. The van der Waals surface area contributed by atoms with E-state index in [1.807, 2.05) is 12.1 Å². The molecule has 0 spiro atoms. The molecule has 0 aliphatic carbocycles. The number of nitrogens with one attached hydrogen (secondary N) is 1. The smallest absolute Gasteiger partial charge is 0.337 e. The van der Waals surface area contributed by atoms with Crippen LogP contribution in [0.15, 0.2) is 62.4 Å². The third-order valence-corrected chi connectivity index (χ3v) is 5.46. The second-order valence-electron chi connectivity index (χ2n) is 7.15. The van der Waals surface area contributed by atoms with Gasteiger partial charge in [0.1, 0.15) is 11.1 Å². The lowest BCUT2D eigenvalue weighted by atomic mass is 10.1. The third-order valence-electron chi connectivity index (χ3n) is 4.97. The van der Waals surface area contributed by atoms with Crippen LogP contribution in [0, 0.1) is 0 Å². The van der Waals surface area contributed by atoms with Crippen molar-refractivity contribution in [2.24, 2.45) is 4.99 Å². The van der Waals surface area contributed by atoms with E-state index in [2.05, 4.69) is 26.2 Å². The number of ether oxygens (including phenoxy) is 2. The van der Waals surface area contributed by atoms with Gasteiger partial charge in [0.05, 0.1) is 24.5 Å². The molecule has 1 aromatic heterocycles. The van der Waals surface area contributed by atoms with Gasteiger partial charge >= 0.3 is 5.97 Å². The number of nitrogens with zero attached hydrogens (tertiary/aromatic N) is 1. The predicted molar refractivity (Wildman–Crippen MR) is 118 cm³/mol. The molecule has 8 heteroatoms. The maximum atomic E-state index is 13.0. The highest BCUT2D eigenvalue weighted by atomic mass is 79.9. The summed E-state index contributed by atoms with van der Waals surface area (Å²) in [7, 11) is 1.32. The quantitative estimate of drug-likeness (QED) is 0.550. The molecular formula is C23H21BrN2O5. The lowest BCUT2D eigenvalue weighted by Crippen LogP contribution is -2.34. The average Bonchev–Trinajstić information content (AvgIpc) is 3.30. The number of hydrogen-bond acceptors (Lipinski definition) is 6. The number of halogens is 1. The monoisotopic (exact) mass is 484 g/mol. The SMILES string of the molecule is COC(=O)c1cccc(N=c2oc3ccc(Br)cc3cc2C(=O)NC[C@H]2CCCO2)c1. The lowest BCUT2D eigenvalue weighted by Gasteiger charge is -2.11. The van der Waals surface area contributed by atoms with Crippen molar-refractivity contribution in [2.45, 2.75) is 18.9 Å². The molecule has 1 saturated heterocycles. The summed E-state index contributed by atoms with van der Waals surface area (Å²) in [6, 6.07) is 13.9. The Morgan fingerprint density at radius 1 is 1.23 bits per heavy atom. The Labute approximate surface area is 187 Å². The summed E-state index contributed by atoms with van der Waals surface area (Å²) in [5.41, 5.74) is 1.87. The third kappa shape index (κ3) is 5.03. The Hall–Kier alpha value is -2.97. The molecule has 7 nitrogen and oxygen atoms in total. The van der Waals surface area contributed by atoms with E-state index >= 15 is 0 Å². The standard InChI is InChI=1S/C23H21BrN2O5/c1-29-23(28)14-4-2-5-17(11-14)26-22-19(21(27)25-13-18-6-3-9-30-18)12-15-10-16(24)7-8-20(15)31-22/h2,4-5,7-8,10-12,18H,3,6,9,13H2,1H3,(H,25,27)/t18-/m1/s1. The molecule has 0 saturated carbocycles. The summed E-state index contributed by atoms with van der Waals surface area (Å²) >= 11 is 3.44. The van der Waals surface area contributed by atoms with Crippen LogP contribution in [0.4, 0.5) is 5.69 Å². The van der Waals surface area contributed by atoms with Gasteiger partial charge in [-0.25, -0.2) is 9.79 Å². The molecular weight excluding hydrogens is 464 g/mol. The maximum Gasteiger partial charge on any atom is 0.337 e. The molecule has 1 aliphatic rings. The van der Waals surface area contributed by atoms with Crippen molar-refractivity contribution < 1.29 is 23.5 Å². The van der Waals surface area contributed by atoms with Crippen LogP contribution in [0.25, 0.3) is 11.0 Å². The van der Waals surface area contributed by atoms with Crippen LogP contribution >= 0.6 is 15.9 Å². The number of esters is 1. The van der Waals surface area contributed by atoms with Crippen LogP contribution in [0.1, 0.15) is 33.6 Å². The van der Waals surface area contributed by atoms with Gasteiger partial charge in [-0.1, -0.05) is 22.0 Å². The number of amides is 1. The van der Waals surface area contributed by atoms with E-state index in [0.29, 0.717) is 28.9 Å². The van der Waals surface area contributed by atoms with Gasteiger partial charge in [0.15, 0.2) is 0 Å². The van der Waals surface area contributed by atoms with E-state index in [1.54, 1.807) is 36.4 Å². The van der Waals surface area contributed by atoms with Gasteiger partial charge in [-0.2, -0.15) is 0 Å². The Kier molecular flexibility index (Phi) is 6.48. The molecule has 0 unspecified atom stereocenters. The molecule has 1 amide bonds. The van der Waals surface area contributed by atoms with Crippen molar-refractivity contribution >= 4 is 44.5 Å². The summed E-state index contributed by atoms with van der Waals surface area (Å²) in [6.45, 7) is 1.14. The Bertz CT molecular complexity index is 1200. The van der Waals surface area contributed by atoms with E-state index in [1.165, 1.54) is 7.11 Å². The van der Waals surface area contributed by atoms with Crippen LogP contribution < -0.4 is 10.9 Å². The largest absolute Gasteiger partial charge is 0.465 e. The summed E-state index contributed by atoms with van der Waals surface area (Å²) in [5, 5.41) is 3.68. The van der Waals surface area contributed by atoms with Crippen molar-refractivity contribution in [1.82, 2.24) is 5.32 Å². The number of carbonyl (C=O) groups is 2. The lowest BCUT2D eigenvalue weighted by molar-refractivity contribution is 0.0600. The minimum absolute atomic E-state index is 0.0209. The summed E-state index contributed by atoms with van der Waals surface area (Å²) in [6.07, 6.45) is 1.94. The van der Waals surface area contributed by atoms with Crippen molar-refractivity contribution in [2.75, 3.05) is 20.3 Å². The number of rotatable bonds is 5. The van der Waals surface area contributed by atoms with Gasteiger partial charge in [-0.15, -0.1) is 0 Å². The highest BCUT2D eigenvalue weighted by molar-refractivity contribution is 9.10. The molecule has 2 aromatic carbocycles. The highest BCUT2D eigenvalue weighted by Crippen LogP contribution is 2.21. The van der Waals surface area contributed by atoms with Crippen molar-refractivity contribution in [3.05, 3.63) is 69.7 Å². The van der Waals surface area contributed by atoms with Gasteiger partial charge in [0.2, 0.25) is 5.55 Å². The molecule has 160 valence electrons. The number of fused-ring (bicyclic) bond motifs is 1. The van der Waals surface area contributed by atoms with Crippen LogP contribution in [0.2, 0.25) is 0 Å². The maximum absolute atomic E-state index is 13.0. The zero-order chi connectivity index (χ0) is 21.8. The van der Waals surface area contributed by atoms with E-state index in [-0.39, 0.29) is 17.6 Å². The minimum Gasteiger partial charge on any atom is -0.465 e. The molecule has 3 aromatic rings. The molecule has 1 aliphatic heterocycles. The fourth-order valence-corrected chi connectivity index (χ4v) is 3.77. The highest BCUT2D eigenvalue weighted by Gasteiger charge is 2.19. The zero-order valence-electron chi connectivity index (χ0n) is 16.9. The first kappa shape index (κ1) is 21.3. The van der Waals surface area contributed by atoms with Crippen LogP contribution in [-0.2, 0) is 9.47 Å². The van der Waals surface area contributed by atoms with Crippen LogP contribution in [0.3, 0.4) is 0 Å².